The Morgan fingerprint density at radius 2 is 2.14 bits per heavy atom. The SMILES string of the molecule is C=C(C)Oc1cccc2ccn(C)c12. The molecular formula is C12H13NO. The molecule has 2 rings (SSSR count). The van der Waals surface area contributed by atoms with E-state index in [-0.39, 0.29) is 0 Å². The molecule has 0 unspecified atom stereocenters. The molecule has 0 amide bonds. The number of rotatable bonds is 2. The number of aryl methyl sites for hydroxylation is 1. The molecule has 14 heavy (non-hydrogen) atoms. The van der Waals surface area contributed by atoms with Crippen molar-refractivity contribution in [2.75, 3.05) is 0 Å². The second kappa shape index (κ2) is 3.22. The Kier molecular flexibility index (Phi) is 2.04. The van der Waals surface area contributed by atoms with E-state index in [1.165, 1.54) is 5.39 Å². The van der Waals surface area contributed by atoms with Crippen LogP contribution in [-0.2, 0) is 7.05 Å². The first-order valence-corrected chi connectivity index (χ1v) is 4.56. The maximum atomic E-state index is 5.55. The summed E-state index contributed by atoms with van der Waals surface area (Å²) in [4.78, 5) is 0. The maximum absolute atomic E-state index is 5.55. The summed E-state index contributed by atoms with van der Waals surface area (Å²) in [6.45, 7) is 5.59. The molecule has 0 N–H and O–H groups in total. The van der Waals surface area contributed by atoms with E-state index >= 15 is 0 Å². The molecule has 0 saturated carbocycles. The smallest absolute Gasteiger partial charge is 0.151 e. The summed E-state index contributed by atoms with van der Waals surface area (Å²) in [5.74, 6) is 1.57. The third-order valence-electron chi connectivity index (χ3n) is 2.14. The lowest BCUT2D eigenvalue weighted by Gasteiger charge is -2.07. The van der Waals surface area contributed by atoms with Crippen LogP contribution in [-0.4, -0.2) is 4.57 Å². The molecule has 2 heteroatoms. The van der Waals surface area contributed by atoms with Gasteiger partial charge in [0.05, 0.1) is 11.3 Å². The van der Waals surface area contributed by atoms with Gasteiger partial charge in [-0.2, -0.15) is 0 Å². The molecular weight excluding hydrogens is 174 g/mol. The Balaban J connectivity index is 2.63. The van der Waals surface area contributed by atoms with E-state index in [0.29, 0.717) is 5.76 Å². The molecule has 0 aliphatic carbocycles. The maximum Gasteiger partial charge on any atom is 0.151 e. The van der Waals surface area contributed by atoms with Crippen molar-refractivity contribution < 1.29 is 4.74 Å². The molecule has 0 saturated heterocycles. The summed E-state index contributed by atoms with van der Waals surface area (Å²) < 4.78 is 7.60. The number of fused-ring (bicyclic) bond motifs is 1. The lowest BCUT2D eigenvalue weighted by Crippen LogP contribution is -1.92. The average Bonchev–Trinajstić information content (AvgIpc) is 2.48. The average molecular weight is 187 g/mol. The normalized spacial score (nSPS) is 10.4. The van der Waals surface area contributed by atoms with E-state index in [0.717, 1.165) is 11.3 Å². The molecule has 0 spiro atoms. The Morgan fingerprint density at radius 3 is 2.86 bits per heavy atom. The molecule has 0 radical (unpaired) electrons. The van der Waals surface area contributed by atoms with Gasteiger partial charge in [-0.25, -0.2) is 0 Å². The fourth-order valence-electron chi connectivity index (χ4n) is 1.59. The molecule has 1 aromatic heterocycles. The highest BCUT2D eigenvalue weighted by molar-refractivity contribution is 5.86. The van der Waals surface area contributed by atoms with Crippen molar-refractivity contribution in [1.82, 2.24) is 4.57 Å². The third kappa shape index (κ3) is 1.39. The van der Waals surface area contributed by atoms with Gasteiger partial charge in [0.1, 0.15) is 0 Å². The van der Waals surface area contributed by atoms with Gasteiger partial charge in [0, 0.05) is 18.6 Å². The highest BCUT2D eigenvalue weighted by Gasteiger charge is 2.04. The molecule has 2 nitrogen and oxygen atoms in total. The Hall–Kier alpha value is -1.70. The Bertz CT molecular complexity index is 482. The van der Waals surface area contributed by atoms with Crippen LogP contribution in [0.5, 0.6) is 5.75 Å². The number of ether oxygens (including phenoxy) is 1. The van der Waals surface area contributed by atoms with Gasteiger partial charge in [-0.3, -0.25) is 0 Å². The van der Waals surface area contributed by atoms with Crippen LogP contribution in [0.15, 0.2) is 42.8 Å². The largest absolute Gasteiger partial charge is 0.460 e. The van der Waals surface area contributed by atoms with Crippen LogP contribution in [0, 0.1) is 0 Å². The van der Waals surface area contributed by atoms with Crippen LogP contribution >= 0.6 is 0 Å². The van der Waals surface area contributed by atoms with Crippen molar-refractivity contribution in [3.05, 3.63) is 42.8 Å². The van der Waals surface area contributed by atoms with Crippen molar-refractivity contribution in [3.8, 4) is 5.75 Å². The van der Waals surface area contributed by atoms with Crippen molar-refractivity contribution in [3.63, 3.8) is 0 Å². The van der Waals surface area contributed by atoms with Crippen molar-refractivity contribution >= 4 is 10.9 Å². The summed E-state index contributed by atoms with van der Waals surface area (Å²) in [6, 6.07) is 8.08. The predicted molar refractivity (Wildman–Crippen MR) is 58.4 cm³/mol. The van der Waals surface area contributed by atoms with Crippen LogP contribution in [0.3, 0.4) is 0 Å². The number of nitrogens with zero attached hydrogens (tertiary/aromatic N) is 1. The minimum atomic E-state index is 0.707. The fourth-order valence-corrected chi connectivity index (χ4v) is 1.59. The standard InChI is InChI=1S/C12H13NO/c1-9(2)14-11-6-4-5-10-7-8-13(3)12(10)11/h4-8H,1H2,2-3H3. The first-order chi connectivity index (χ1) is 6.68. The number of benzene rings is 1. The van der Waals surface area contributed by atoms with Gasteiger partial charge in [0.15, 0.2) is 5.75 Å². The monoisotopic (exact) mass is 187 g/mol. The lowest BCUT2D eigenvalue weighted by atomic mass is 10.2. The van der Waals surface area contributed by atoms with E-state index < -0.39 is 0 Å². The topological polar surface area (TPSA) is 14.2 Å². The molecule has 0 atom stereocenters. The van der Waals surface area contributed by atoms with E-state index in [1.807, 2.05) is 36.9 Å². The van der Waals surface area contributed by atoms with E-state index in [2.05, 4.69) is 18.7 Å². The van der Waals surface area contributed by atoms with E-state index in [1.54, 1.807) is 0 Å². The third-order valence-corrected chi connectivity index (χ3v) is 2.14. The van der Waals surface area contributed by atoms with Gasteiger partial charge < -0.3 is 9.30 Å². The summed E-state index contributed by atoms with van der Waals surface area (Å²) in [5, 5.41) is 1.19. The van der Waals surface area contributed by atoms with Crippen molar-refractivity contribution in [2.24, 2.45) is 7.05 Å². The molecule has 2 aromatic rings. The van der Waals surface area contributed by atoms with E-state index in [9.17, 15) is 0 Å². The zero-order chi connectivity index (χ0) is 10.1. The summed E-state index contributed by atoms with van der Waals surface area (Å²) in [7, 11) is 2.01. The van der Waals surface area contributed by atoms with Crippen LogP contribution in [0.25, 0.3) is 10.9 Å². The van der Waals surface area contributed by atoms with Crippen LogP contribution in [0.4, 0.5) is 0 Å². The summed E-state index contributed by atoms with van der Waals surface area (Å²) >= 11 is 0. The number of allylic oxidation sites excluding steroid dienone is 1. The number of hydrogen-bond acceptors (Lipinski definition) is 1. The van der Waals surface area contributed by atoms with Gasteiger partial charge in [-0.1, -0.05) is 18.7 Å². The molecule has 1 heterocycles. The minimum Gasteiger partial charge on any atom is -0.460 e. The second-order valence-electron chi connectivity index (χ2n) is 3.42. The van der Waals surface area contributed by atoms with Crippen molar-refractivity contribution in [1.29, 1.82) is 0 Å². The zero-order valence-corrected chi connectivity index (χ0v) is 8.45. The number of aromatic nitrogens is 1. The van der Waals surface area contributed by atoms with Crippen LogP contribution < -0.4 is 4.74 Å². The van der Waals surface area contributed by atoms with Gasteiger partial charge in [0.2, 0.25) is 0 Å². The molecule has 0 fully saturated rings. The number of para-hydroxylation sites is 1. The lowest BCUT2D eigenvalue weighted by molar-refractivity contribution is 0.433. The highest BCUT2D eigenvalue weighted by Crippen LogP contribution is 2.26. The predicted octanol–water partition coefficient (Wildman–Crippen LogP) is 3.09. The van der Waals surface area contributed by atoms with Gasteiger partial charge in [0.25, 0.3) is 0 Å². The number of hydrogen-bond donors (Lipinski definition) is 0. The van der Waals surface area contributed by atoms with E-state index in [4.69, 9.17) is 4.74 Å². The first-order valence-electron chi connectivity index (χ1n) is 4.56. The van der Waals surface area contributed by atoms with Crippen molar-refractivity contribution in [2.45, 2.75) is 6.92 Å². The Labute approximate surface area is 83.4 Å². The van der Waals surface area contributed by atoms with Crippen LogP contribution in [0.1, 0.15) is 6.92 Å². The highest BCUT2D eigenvalue weighted by atomic mass is 16.5. The molecule has 1 aromatic carbocycles. The molecule has 72 valence electrons. The Morgan fingerprint density at radius 1 is 1.36 bits per heavy atom. The van der Waals surface area contributed by atoms with Gasteiger partial charge >= 0.3 is 0 Å². The van der Waals surface area contributed by atoms with Gasteiger partial charge in [-0.15, -0.1) is 0 Å². The molecule has 0 aliphatic rings. The quantitative estimate of drug-likeness (QED) is 0.659. The van der Waals surface area contributed by atoms with Crippen LogP contribution in [0.2, 0.25) is 0 Å². The summed E-state index contributed by atoms with van der Waals surface area (Å²) in [6.07, 6.45) is 2.02. The molecule has 0 bridgehead atoms. The minimum absolute atomic E-state index is 0.707. The molecule has 0 aliphatic heterocycles. The summed E-state index contributed by atoms with van der Waals surface area (Å²) in [5.41, 5.74) is 1.11. The van der Waals surface area contributed by atoms with Gasteiger partial charge in [-0.05, 0) is 19.1 Å². The second-order valence-corrected chi connectivity index (χ2v) is 3.42. The zero-order valence-electron chi connectivity index (χ0n) is 8.45. The fraction of sp³-hybridized carbons (Fsp3) is 0.167. The first kappa shape index (κ1) is 8.88.